The first kappa shape index (κ1) is 23.1. The summed E-state index contributed by atoms with van der Waals surface area (Å²) in [5, 5.41) is 6.17. The SMILES string of the molecule is CCCCOC(=O)c1ccc2nc(NC(=S)NC(=O)c3ccc(OC)c(Br)c3)sc2c1. The molecule has 0 saturated carbocycles. The number of hydrogen-bond acceptors (Lipinski definition) is 7. The molecule has 162 valence electrons. The third-order valence-electron chi connectivity index (χ3n) is 4.22. The molecule has 0 atom stereocenters. The zero-order chi connectivity index (χ0) is 22.4. The summed E-state index contributed by atoms with van der Waals surface area (Å²) in [5.74, 6) is -0.0916. The van der Waals surface area contributed by atoms with Crippen molar-refractivity contribution in [2.45, 2.75) is 19.8 Å². The van der Waals surface area contributed by atoms with Gasteiger partial charge in [0.25, 0.3) is 5.91 Å². The molecule has 0 saturated heterocycles. The summed E-state index contributed by atoms with van der Waals surface area (Å²) in [6.45, 7) is 2.44. The van der Waals surface area contributed by atoms with Crippen molar-refractivity contribution in [3.63, 3.8) is 0 Å². The van der Waals surface area contributed by atoms with Crippen LogP contribution in [0, 0.1) is 0 Å². The number of nitrogens with one attached hydrogen (secondary N) is 2. The van der Waals surface area contributed by atoms with Crippen LogP contribution >= 0.6 is 39.5 Å². The van der Waals surface area contributed by atoms with E-state index in [0.717, 1.165) is 17.5 Å². The van der Waals surface area contributed by atoms with Crippen LogP contribution in [0.5, 0.6) is 5.75 Å². The van der Waals surface area contributed by atoms with Crippen LogP contribution in [-0.4, -0.2) is 35.7 Å². The third kappa shape index (κ3) is 5.99. The summed E-state index contributed by atoms with van der Waals surface area (Å²) < 4.78 is 11.9. The van der Waals surface area contributed by atoms with E-state index in [1.54, 1.807) is 43.5 Å². The molecule has 1 aromatic heterocycles. The van der Waals surface area contributed by atoms with Crippen molar-refractivity contribution in [1.82, 2.24) is 10.3 Å². The molecule has 1 heterocycles. The van der Waals surface area contributed by atoms with Crippen molar-refractivity contribution in [2.24, 2.45) is 0 Å². The van der Waals surface area contributed by atoms with E-state index in [1.165, 1.54) is 11.3 Å². The summed E-state index contributed by atoms with van der Waals surface area (Å²) in [6, 6.07) is 10.2. The molecule has 0 spiro atoms. The summed E-state index contributed by atoms with van der Waals surface area (Å²) in [7, 11) is 1.55. The molecule has 0 bridgehead atoms. The number of aromatic nitrogens is 1. The molecule has 1 amide bonds. The van der Waals surface area contributed by atoms with Gasteiger partial charge in [-0.15, -0.1) is 0 Å². The van der Waals surface area contributed by atoms with Crippen molar-refractivity contribution in [3.05, 3.63) is 52.0 Å². The van der Waals surface area contributed by atoms with Gasteiger partial charge in [0.1, 0.15) is 5.75 Å². The van der Waals surface area contributed by atoms with Crippen molar-refractivity contribution in [1.29, 1.82) is 0 Å². The van der Waals surface area contributed by atoms with E-state index in [-0.39, 0.29) is 17.0 Å². The highest BCUT2D eigenvalue weighted by atomic mass is 79.9. The molecule has 3 rings (SSSR count). The normalized spacial score (nSPS) is 10.5. The van der Waals surface area contributed by atoms with E-state index in [4.69, 9.17) is 21.7 Å². The number of thiazole rings is 1. The van der Waals surface area contributed by atoms with Crippen molar-refractivity contribution in [3.8, 4) is 5.75 Å². The number of esters is 1. The number of methoxy groups -OCH3 is 1. The predicted molar refractivity (Wildman–Crippen MR) is 129 cm³/mol. The highest BCUT2D eigenvalue weighted by Crippen LogP contribution is 2.27. The lowest BCUT2D eigenvalue weighted by molar-refractivity contribution is 0.0500. The zero-order valence-corrected chi connectivity index (χ0v) is 20.1. The Kier molecular flexibility index (Phi) is 7.94. The van der Waals surface area contributed by atoms with Crippen LogP contribution in [0.2, 0.25) is 0 Å². The number of hydrogen-bond donors (Lipinski definition) is 2. The molecule has 0 aliphatic rings. The first-order valence-corrected chi connectivity index (χ1v) is 11.5. The highest BCUT2D eigenvalue weighted by molar-refractivity contribution is 9.10. The lowest BCUT2D eigenvalue weighted by atomic mass is 10.2. The van der Waals surface area contributed by atoms with Gasteiger partial charge in [-0.1, -0.05) is 24.7 Å². The van der Waals surface area contributed by atoms with E-state index in [0.29, 0.717) is 38.6 Å². The Morgan fingerprint density at radius 3 is 2.68 bits per heavy atom. The summed E-state index contributed by atoms with van der Waals surface area (Å²) in [5.41, 5.74) is 1.61. The number of rotatable bonds is 7. The molecule has 7 nitrogen and oxygen atoms in total. The highest BCUT2D eigenvalue weighted by Gasteiger charge is 2.14. The van der Waals surface area contributed by atoms with Crippen LogP contribution in [0.25, 0.3) is 10.2 Å². The average Bonchev–Trinajstić information content (AvgIpc) is 3.14. The topological polar surface area (TPSA) is 89.5 Å². The van der Waals surface area contributed by atoms with Gasteiger partial charge in [-0.25, -0.2) is 9.78 Å². The minimum absolute atomic E-state index is 0.121. The number of fused-ring (bicyclic) bond motifs is 1. The monoisotopic (exact) mass is 521 g/mol. The van der Waals surface area contributed by atoms with Crippen LogP contribution in [0.3, 0.4) is 0 Å². The van der Waals surface area contributed by atoms with Crippen molar-refractivity contribution >= 4 is 71.8 Å². The number of halogens is 1. The van der Waals surface area contributed by atoms with Gasteiger partial charge in [0.2, 0.25) is 0 Å². The van der Waals surface area contributed by atoms with Crippen LogP contribution < -0.4 is 15.4 Å². The molecule has 3 aromatic rings. The number of benzene rings is 2. The Hall–Kier alpha value is -2.56. The minimum Gasteiger partial charge on any atom is -0.496 e. The van der Waals surface area contributed by atoms with E-state index in [9.17, 15) is 9.59 Å². The van der Waals surface area contributed by atoms with Crippen LogP contribution in [-0.2, 0) is 4.74 Å². The second kappa shape index (κ2) is 10.7. The molecule has 0 fully saturated rings. The Morgan fingerprint density at radius 1 is 1.19 bits per heavy atom. The number of anilines is 1. The summed E-state index contributed by atoms with van der Waals surface area (Å²) in [6.07, 6.45) is 1.79. The van der Waals surface area contributed by atoms with Gasteiger partial charge in [-0.3, -0.25) is 10.1 Å². The number of nitrogens with zero attached hydrogens (tertiary/aromatic N) is 1. The van der Waals surface area contributed by atoms with Gasteiger partial charge in [0.15, 0.2) is 10.2 Å². The Bertz CT molecular complexity index is 1130. The van der Waals surface area contributed by atoms with Gasteiger partial charge in [-0.2, -0.15) is 0 Å². The van der Waals surface area contributed by atoms with Gasteiger partial charge < -0.3 is 14.8 Å². The molecule has 10 heteroatoms. The van der Waals surface area contributed by atoms with Crippen LogP contribution in [0.4, 0.5) is 5.13 Å². The Balaban J connectivity index is 1.64. The third-order valence-corrected chi connectivity index (χ3v) is 5.97. The number of thiocarbonyl (C=S) groups is 1. The maximum absolute atomic E-state index is 12.4. The maximum atomic E-state index is 12.4. The molecular weight excluding hydrogens is 502 g/mol. The second-order valence-electron chi connectivity index (χ2n) is 6.45. The van der Waals surface area contributed by atoms with E-state index in [2.05, 4.69) is 31.5 Å². The average molecular weight is 522 g/mol. The molecule has 2 aromatic carbocycles. The minimum atomic E-state index is -0.362. The molecular formula is C21H20BrN3O4S2. The maximum Gasteiger partial charge on any atom is 0.338 e. The quantitative estimate of drug-likeness (QED) is 0.252. The summed E-state index contributed by atoms with van der Waals surface area (Å²) in [4.78, 5) is 29.0. The lowest BCUT2D eigenvalue weighted by Crippen LogP contribution is -2.34. The Labute approximate surface area is 197 Å². The largest absolute Gasteiger partial charge is 0.496 e. The first-order chi connectivity index (χ1) is 14.9. The fourth-order valence-corrected chi connectivity index (χ4v) is 4.31. The van der Waals surface area contributed by atoms with Gasteiger partial charge in [0.05, 0.1) is 34.0 Å². The van der Waals surface area contributed by atoms with Crippen LogP contribution in [0.1, 0.15) is 40.5 Å². The number of carbonyl (C=O) groups is 2. The van der Waals surface area contributed by atoms with Crippen molar-refractivity contribution < 1.29 is 19.1 Å². The number of unbranched alkanes of at least 4 members (excludes halogenated alkanes) is 1. The standard InChI is InChI=1S/C21H20BrN3O4S2/c1-3-4-9-29-19(27)13-5-7-15-17(11-13)31-21(23-15)25-20(30)24-18(26)12-6-8-16(28-2)14(22)10-12/h5-8,10-11H,3-4,9H2,1-2H3,(H2,23,24,25,26,30). The predicted octanol–water partition coefficient (Wildman–Crippen LogP) is 5.15. The molecule has 0 aliphatic heterocycles. The number of ether oxygens (including phenoxy) is 2. The Morgan fingerprint density at radius 2 is 1.97 bits per heavy atom. The lowest BCUT2D eigenvalue weighted by Gasteiger charge is -2.09. The molecule has 0 aliphatic carbocycles. The molecule has 0 radical (unpaired) electrons. The smallest absolute Gasteiger partial charge is 0.338 e. The zero-order valence-electron chi connectivity index (χ0n) is 16.9. The molecule has 2 N–H and O–H groups in total. The van der Waals surface area contributed by atoms with Gasteiger partial charge in [-0.05, 0) is 71.0 Å². The van der Waals surface area contributed by atoms with Crippen LogP contribution in [0.15, 0.2) is 40.9 Å². The van der Waals surface area contributed by atoms with Crippen molar-refractivity contribution in [2.75, 3.05) is 19.0 Å². The fraction of sp³-hybridized carbons (Fsp3) is 0.238. The molecule has 0 unspecified atom stereocenters. The second-order valence-corrected chi connectivity index (χ2v) is 8.74. The first-order valence-electron chi connectivity index (χ1n) is 9.45. The summed E-state index contributed by atoms with van der Waals surface area (Å²) >= 11 is 9.91. The molecule has 31 heavy (non-hydrogen) atoms. The van der Waals surface area contributed by atoms with E-state index in [1.807, 2.05) is 6.92 Å². The van der Waals surface area contributed by atoms with Gasteiger partial charge >= 0.3 is 5.97 Å². The fourth-order valence-electron chi connectivity index (χ4n) is 2.61. The number of amides is 1. The van der Waals surface area contributed by atoms with E-state index >= 15 is 0 Å². The van der Waals surface area contributed by atoms with E-state index < -0.39 is 0 Å². The van der Waals surface area contributed by atoms with Gasteiger partial charge in [0, 0.05) is 5.56 Å². The number of carbonyl (C=O) groups excluding carboxylic acids is 2.